The lowest BCUT2D eigenvalue weighted by Gasteiger charge is -2.11. The summed E-state index contributed by atoms with van der Waals surface area (Å²) < 4.78 is 12.1. The van der Waals surface area contributed by atoms with E-state index in [1.807, 2.05) is 0 Å². The van der Waals surface area contributed by atoms with Gasteiger partial charge in [-0.1, -0.05) is 0 Å². The number of carbonyl (C=O) groups excluding carboxylic acids is 1. The number of phenols is 1. The van der Waals surface area contributed by atoms with Gasteiger partial charge in [-0.05, 0) is 25.1 Å². The van der Waals surface area contributed by atoms with Crippen LogP contribution in [-0.2, 0) is 0 Å². The maximum absolute atomic E-state index is 12.1. The molecule has 4 nitrogen and oxygen atoms in total. The monoisotopic (exact) mass is 212 g/mol. The SMILES string of the molecule is C[C@@H](CF)NC(=O)c1cc(O)ccc1N. The predicted molar refractivity (Wildman–Crippen MR) is 55.4 cm³/mol. The maximum atomic E-state index is 12.1. The molecule has 1 atom stereocenters. The molecule has 0 fully saturated rings. The summed E-state index contributed by atoms with van der Waals surface area (Å²) in [5.74, 6) is -0.546. The van der Waals surface area contributed by atoms with Crippen molar-refractivity contribution in [2.45, 2.75) is 13.0 Å². The van der Waals surface area contributed by atoms with Crippen LogP contribution in [0.15, 0.2) is 18.2 Å². The first-order valence-electron chi connectivity index (χ1n) is 4.50. The van der Waals surface area contributed by atoms with Gasteiger partial charge in [0.15, 0.2) is 0 Å². The van der Waals surface area contributed by atoms with Crippen LogP contribution in [0.2, 0.25) is 0 Å². The Balaban J connectivity index is 2.86. The van der Waals surface area contributed by atoms with Gasteiger partial charge in [-0.25, -0.2) is 4.39 Å². The fourth-order valence-electron chi connectivity index (χ4n) is 1.08. The van der Waals surface area contributed by atoms with Crippen molar-refractivity contribution in [1.82, 2.24) is 5.32 Å². The number of carbonyl (C=O) groups is 1. The molecule has 0 unspecified atom stereocenters. The number of anilines is 1. The Labute approximate surface area is 86.9 Å². The second-order valence-corrected chi connectivity index (χ2v) is 3.30. The second kappa shape index (κ2) is 4.63. The molecule has 0 radical (unpaired) electrons. The molecule has 1 aromatic rings. The van der Waals surface area contributed by atoms with Crippen molar-refractivity contribution in [1.29, 1.82) is 0 Å². The molecule has 0 aliphatic rings. The Bertz CT molecular complexity index is 368. The number of phenolic OH excluding ortho intramolecular Hbond substituents is 1. The standard InChI is InChI=1S/C10H13FN2O2/c1-6(5-11)13-10(15)8-4-7(14)2-3-9(8)12/h2-4,6,14H,5,12H2,1H3,(H,13,15)/t6-/m0/s1. The number of aromatic hydroxyl groups is 1. The van der Waals surface area contributed by atoms with Crippen molar-refractivity contribution in [2.75, 3.05) is 12.4 Å². The largest absolute Gasteiger partial charge is 0.508 e. The highest BCUT2D eigenvalue weighted by molar-refractivity contribution is 5.99. The Morgan fingerprint density at radius 3 is 2.93 bits per heavy atom. The minimum atomic E-state index is -0.648. The van der Waals surface area contributed by atoms with Crippen molar-refractivity contribution >= 4 is 11.6 Å². The summed E-state index contributed by atoms with van der Waals surface area (Å²) in [4.78, 5) is 11.5. The van der Waals surface area contributed by atoms with Crippen LogP contribution in [-0.4, -0.2) is 23.7 Å². The average molecular weight is 212 g/mol. The van der Waals surface area contributed by atoms with E-state index in [9.17, 15) is 9.18 Å². The van der Waals surface area contributed by atoms with Crippen molar-refractivity contribution in [2.24, 2.45) is 0 Å². The van der Waals surface area contributed by atoms with Gasteiger partial charge >= 0.3 is 0 Å². The van der Waals surface area contributed by atoms with E-state index in [0.29, 0.717) is 0 Å². The van der Waals surface area contributed by atoms with Gasteiger partial charge in [0.05, 0.1) is 11.6 Å². The van der Waals surface area contributed by atoms with Gasteiger partial charge < -0.3 is 16.2 Å². The van der Waals surface area contributed by atoms with Crippen LogP contribution in [0.3, 0.4) is 0 Å². The Morgan fingerprint density at radius 1 is 1.67 bits per heavy atom. The number of benzene rings is 1. The number of hydrogen-bond acceptors (Lipinski definition) is 3. The molecule has 0 spiro atoms. The highest BCUT2D eigenvalue weighted by atomic mass is 19.1. The van der Waals surface area contributed by atoms with Crippen molar-refractivity contribution in [3.63, 3.8) is 0 Å². The van der Waals surface area contributed by atoms with Gasteiger partial charge in [-0.2, -0.15) is 0 Å². The van der Waals surface area contributed by atoms with Crippen molar-refractivity contribution in [3.8, 4) is 5.75 Å². The number of nitrogens with two attached hydrogens (primary N) is 1. The molecule has 0 saturated heterocycles. The zero-order chi connectivity index (χ0) is 11.4. The molecule has 15 heavy (non-hydrogen) atoms. The average Bonchev–Trinajstić information content (AvgIpc) is 2.21. The molecule has 1 amide bonds. The topological polar surface area (TPSA) is 75.3 Å². The summed E-state index contributed by atoms with van der Waals surface area (Å²) in [5.41, 5.74) is 5.94. The van der Waals surface area contributed by atoms with Crippen LogP contribution < -0.4 is 11.1 Å². The number of halogens is 1. The minimum Gasteiger partial charge on any atom is -0.508 e. The van der Waals surface area contributed by atoms with E-state index in [4.69, 9.17) is 10.8 Å². The lowest BCUT2D eigenvalue weighted by Crippen LogP contribution is -2.34. The summed E-state index contributed by atoms with van der Waals surface area (Å²) >= 11 is 0. The molecular weight excluding hydrogens is 199 g/mol. The van der Waals surface area contributed by atoms with Gasteiger partial charge in [-0.15, -0.1) is 0 Å². The Kier molecular flexibility index (Phi) is 3.49. The highest BCUT2D eigenvalue weighted by Gasteiger charge is 2.12. The minimum absolute atomic E-state index is 0.0535. The first-order chi connectivity index (χ1) is 7.04. The second-order valence-electron chi connectivity index (χ2n) is 3.30. The molecule has 4 N–H and O–H groups in total. The third kappa shape index (κ3) is 2.83. The molecule has 5 heteroatoms. The lowest BCUT2D eigenvalue weighted by molar-refractivity contribution is 0.0934. The molecule has 0 aliphatic carbocycles. The van der Waals surface area contributed by atoms with E-state index < -0.39 is 18.6 Å². The molecule has 0 aromatic heterocycles. The van der Waals surface area contributed by atoms with Crippen molar-refractivity contribution < 1.29 is 14.3 Å². The first kappa shape index (κ1) is 11.3. The normalized spacial score (nSPS) is 12.1. The van der Waals surface area contributed by atoms with E-state index in [0.717, 1.165) is 0 Å². The number of amides is 1. The molecule has 0 aliphatic heterocycles. The van der Waals surface area contributed by atoms with Gasteiger partial charge in [-0.3, -0.25) is 4.79 Å². The molecule has 82 valence electrons. The molecular formula is C10H13FN2O2. The summed E-state index contributed by atoms with van der Waals surface area (Å²) in [5, 5.41) is 11.6. The van der Waals surface area contributed by atoms with Gasteiger partial charge in [0.2, 0.25) is 0 Å². The maximum Gasteiger partial charge on any atom is 0.253 e. The molecule has 0 heterocycles. The quantitative estimate of drug-likeness (QED) is 0.518. The summed E-state index contributed by atoms with van der Waals surface area (Å²) in [6, 6.07) is 3.48. The fraction of sp³-hybridized carbons (Fsp3) is 0.300. The predicted octanol–water partition coefficient (Wildman–Crippen LogP) is 1.06. The number of nitrogen functional groups attached to an aromatic ring is 1. The molecule has 1 rings (SSSR count). The molecule has 0 saturated carbocycles. The Hall–Kier alpha value is -1.78. The highest BCUT2D eigenvalue weighted by Crippen LogP contribution is 2.18. The van der Waals surface area contributed by atoms with Gasteiger partial charge in [0.25, 0.3) is 5.91 Å². The van der Waals surface area contributed by atoms with Crippen LogP contribution >= 0.6 is 0 Å². The lowest BCUT2D eigenvalue weighted by atomic mass is 10.1. The summed E-state index contributed by atoms with van der Waals surface area (Å²) in [6.45, 7) is 0.890. The van der Waals surface area contributed by atoms with Crippen LogP contribution in [0, 0.1) is 0 Å². The number of nitrogens with one attached hydrogen (secondary N) is 1. The first-order valence-corrected chi connectivity index (χ1v) is 4.50. The third-order valence-corrected chi connectivity index (χ3v) is 1.89. The smallest absolute Gasteiger partial charge is 0.253 e. The van der Waals surface area contributed by atoms with Crippen LogP contribution in [0.25, 0.3) is 0 Å². The summed E-state index contributed by atoms with van der Waals surface area (Å²) in [7, 11) is 0. The number of rotatable bonds is 3. The van der Waals surface area contributed by atoms with E-state index in [1.165, 1.54) is 25.1 Å². The number of alkyl halides is 1. The summed E-state index contributed by atoms with van der Waals surface area (Å²) in [6.07, 6.45) is 0. The molecule has 0 bridgehead atoms. The van der Waals surface area contributed by atoms with E-state index >= 15 is 0 Å². The van der Waals surface area contributed by atoms with Crippen LogP contribution in [0.1, 0.15) is 17.3 Å². The van der Waals surface area contributed by atoms with Crippen LogP contribution in [0.5, 0.6) is 5.75 Å². The Morgan fingerprint density at radius 2 is 2.33 bits per heavy atom. The van der Waals surface area contributed by atoms with Gasteiger partial charge in [0, 0.05) is 5.69 Å². The van der Waals surface area contributed by atoms with E-state index in [-0.39, 0.29) is 17.0 Å². The van der Waals surface area contributed by atoms with E-state index in [2.05, 4.69) is 5.32 Å². The zero-order valence-electron chi connectivity index (χ0n) is 8.33. The molecule has 1 aromatic carbocycles. The fourth-order valence-corrected chi connectivity index (χ4v) is 1.08. The third-order valence-electron chi connectivity index (χ3n) is 1.89. The van der Waals surface area contributed by atoms with E-state index in [1.54, 1.807) is 0 Å². The number of hydrogen-bond donors (Lipinski definition) is 3. The van der Waals surface area contributed by atoms with Gasteiger partial charge in [0.1, 0.15) is 12.4 Å². The van der Waals surface area contributed by atoms with Crippen LogP contribution in [0.4, 0.5) is 10.1 Å². The van der Waals surface area contributed by atoms with Crippen molar-refractivity contribution in [3.05, 3.63) is 23.8 Å². The zero-order valence-corrected chi connectivity index (χ0v) is 8.33.